The van der Waals surface area contributed by atoms with Crippen LogP contribution < -0.4 is 5.73 Å². The molecule has 0 bridgehead atoms. The number of nitrogens with zero attached hydrogens (tertiary/aromatic N) is 4. The summed E-state index contributed by atoms with van der Waals surface area (Å²) in [7, 11) is 0. The largest absolute Gasteiger partial charge is 0.368 e. The van der Waals surface area contributed by atoms with Crippen molar-refractivity contribution >= 4 is 17.9 Å². The van der Waals surface area contributed by atoms with Crippen molar-refractivity contribution in [2.45, 2.75) is 25.8 Å². The van der Waals surface area contributed by atoms with Gasteiger partial charge in [0.25, 0.3) is 0 Å². The maximum absolute atomic E-state index is 12.4. The Bertz CT molecular complexity index is 692. The van der Waals surface area contributed by atoms with E-state index in [1.54, 1.807) is 23.4 Å². The quantitative estimate of drug-likeness (QED) is 0.867. The number of amides is 1. The highest BCUT2D eigenvalue weighted by molar-refractivity contribution is 5.92. The van der Waals surface area contributed by atoms with Gasteiger partial charge in [-0.3, -0.25) is 4.79 Å². The molecule has 0 radical (unpaired) electrons. The number of rotatable bonds is 3. The van der Waals surface area contributed by atoms with Gasteiger partial charge in [-0.05, 0) is 25.8 Å². The van der Waals surface area contributed by atoms with Crippen LogP contribution in [0.15, 0.2) is 29.1 Å². The van der Waals surface area contributed by atoms with Crippen LogP contribution in [0.4, 0.5) is 5.95 Å². The van der Waals surface area contributed by atoms with E-state index in [1.807, 2.05) is 13.0 Å². The van der Waals surface area contributed by atoms with Gasteiger partial charge in [0, 0.05) is 36.6 Å². The molecule has 3 rings (SSSR count). The van der Waals surface area contributed by atoms with Crippen molar-refractivity contribution in [3.05, 3.63) is 41.6 Å². The highest BCUT2D eigenvalue weighted by atomic mass is 16.5. The van der Waals surface area contributed by atoms with Crippen LogP contribution in [0.2, 0.25) is 0 Å². The van der Waals surface area contributed by atoms with Crippen molar-refractivity contribution in [1.29, 1.82) is 0 Å². The summed E-state index contributed by atoms with van der Waals surface area (Å²) < 4.78 is 5.30. The van der Waals surface area contributed by atoms with Crippen molar-refractivity contribution in [1.82, 2.24) is 20.0 Å². The summed E-state index contributed by atoms with van der Waals surface area (Å²) in [6.07, 6.45) is 8.20. The third-order valence-electron chi connectivity index (χ3n) is 3.62. The second kappa shape index (κ2) is 5.97. The van der Waals surface area contributed by atoms with Crippen molar-refractivity contribution < 1.29 is 9.32 Å². The van der Waals surface area contributed by atoms with Crippen molar-refractivity contribution in [3.63, 3.8) is 0 Å². The fourth-order valence-electron chi connectivity index (χ4n) is 2.56. The van der Waals surface area contributed by atoms with Crippen molar-refractivity contribution in [3.8, 4) is 0 Å². The van der Waals surface area contributed by atoms with Crippen LogP contribution in [0.1, 0.15) is 35.9 Å². The van der Waals surface area contributed by atoms with E-state index in [0.29, 0.717) is 6.54 Å². The molecule has 2 aromatic rings. The number of likely N-dealkylation sites (tertiary alicyclic amines) is 1. The molecule has 114 valence electrons. The van der Waals surface area contributed by atoms with E-state index in [4.69, 9.17) is 10.3 Å². The van der Waals surface area contributed by atoms with Crippen LogP contribution in [-0.4, -0.2) is 32.5 Å². The summed E-state index contributed by atoms with van der Waals surface area (Å²) >= 11 is 0. The minimum absolute atomic E-state index is 0.0407. The summed E-state index contributed by atoms with van der Waals surface area (Å²) in [5, 5.41) is 3.90. The monoisotopic (exact) mass is 299 g/mol. The number of hydrogen-bond donors (Lipinski definition) is 1. The van der Waals surface area contributed by atoms with Crippen LogP contribution in [0.5, 0.6) is 0 Å². The van der Waals surface area contributed by atoms with E-state index in [9.17, 15) is 4.79 Å². The van der Waals surface area contributed by atoms with E-state index in [1.165, 1.54) is 6.08 Å². The second-order valence-corrected chi connectivity index (χ2v) is 5.27. The number of hydrogen-bond acceptors (Lipinski definition) is 6. The van der Waals surface area contributed by atoms with Gasteiger partial charge in [-0.15, -0.1) is 0 Å². The molecule has 0 aliphatic carbocycles. The van der Waals surface area contributed by atoms with Gasteiger partial charge in [-0.2, -0.15) is 0 Å². The Morgan fingerprint density at radius 3 is 2.91 bits per heavy atom. The Balaban J connectivity index is 1.72. The van der Waals surface area contributed by atoms with E-state index in [0.717, 1.165) is 29.9 Å². The van der Waals surface area contributed by atoms with Gasteiger partial charge in [0.1, 0.15) is 0 Å². The van der Waals surface area contributed by atoms with E-state index in [-0.39, 0.29) is 17.9 Å². The molecular weight excluding hydrogens is 282 g/mol. The SMILES string of the molecule is Cc1cc(C2CCCN2C(=O)C=Cc2cnc(N)nc2)on1. The molecule has 0 spiro atoms. The molecule has 2 aromatic heterocycles. The number of nitrogens with two attached hydrogens (primary N) is 1. The summed E-state index contributed by atoms with van der Waals surface area (Å²) in [6.45, 7) is 2.58. The maximum Gasteiger partial charge on any atom is 0.247 e. The van der Waals surface area contributed by atoms with Crippen molar-refractivity contribution in [2.75, 3.05) is 12.3 Å². The molecule has 1 atom stereocenters. The molecule has 0 saturated carbocycles. The molecule has 0 aromatic carbocycles. The predicted octanol–water partition coefficient (Wildman–Crippen LogP) is 1.73. The first-order valence-electron chi connectivity index (χ1n) is 7.13. The number of anilines is 1. The lowest BCUT2D eigenvalue weighted by molar-refractivity contribution is -0.127. The standard InChI is InChI=1S/C15H17N5O2/c1-10-7-13(22-19-10)12-3-2-6-20(12)14(21)5-4-11-8-17-15(16)18-9-11/h4-5,7-9,12H,2-3,6H2,1H3,(H2,16,17,18). The highest BCUT2D eigenvalue weighted by Crippen LogP contribution is 2.32. The molecule has 1 aliphatic heterocycles. The molecular formula is C15H17N5O2. The lowest BCUT2D eigenvalue weighted by atomic mass is 10.1. The number of nitrogen functional groups attached to an aromatic ring is 1. The van der Waals surface area contributed by atoms with E-state index < -0.39 is 0 Å². The smallest absolute Gasteiger partial charge is 0.247 e. The Morgan fingerprint density at radius 2 is 2.23 bits per heavy atom. The zero-order valence-electron chi connectivity index (χ0n) is 12.3. The zero-order valence-corrected chi connectivity index (χ0v) is 12.3. The van der Waals surface area contributed by atoms with Gasteiger partial charge in [0.2, 0.25) is 11.9 Å². The molecule has 2 N–H and O–H groups in total. The fraction of sp³-hybridized carbons (Fsp3) is 0.333. The van der Waals surface area contributed by atoms with Crippen LogP contribution in [0.3, 0.4) is 0 Å². The lowest BCUT2D eigenvalue weighted by Gasteiger charge is -2.20. The van der Waals surface area contributed by atoms with Crippen LogP contribution in [0, 0.1) is 6.92 Å². The number of carbonyl (C=O) groups excluding carboxylic acids is 1. The molecule has 3 heterocycles. The summed E-state index contributed by atoms with van der Waals surface area (Å²) in [6, 6.07) is 1.84. The molecule has 1 amide bonds. The molecule has 7 heteroatoms. The molecule has 1 fully saturated rings. The molecule has 1 aliphatic rings. The minimum atomic E-state index is -0.0617. The van der Waals surface area contributed by atoms with Crippen molar-refractivity contribution in [2.24, 2.45) is 0 Å². The average Bonchev–Trinajstić information content (AvgIpc) is 3.14. The van der Waals surface area contributed by atoms with Crippen LogP contribution in [-0.2, 0) is 4.79 Å². The first-order chi connectivity index (χ1) is 10.6. The Labute approximate surface area is 127 Å². The average molecular weight is 299 g/mol. The first kappa shape index (κ1) is 14.2. The maximum atomic E-state index is 12.4. The van der Waals surface area contributed by atoms with Gasteiger partial charge in [-0.25, -0.2) is 9.97 Å². The topological polar surface area (TPSA) is 98.1 Å². The van der Waals surface area contributed by atoms with E-state index >= 15 is 0 Å². The Hall–Kier alpha value is -2.70. The highest BCUT2D eigenvalue weighted by Gasteiger charge is 2.31. The van der Waals surface area contributed by atoms with Gasteiger partial charge in [-0.1, -0.05) is 5.16 Å². The summed E-state index contributed by atoms with van der Waals surface area (Å²) in [5.41, 5.74) is 6.98. The fourth-order valence-corrected chi connectivity index (χ4v) is 2.56. The predicted molar refractivity (Wildman–Crippen MR) is 80.4 cm³/mol. The van der Waals surface area contributed by atoms with Gasteiger partial charge >= 0.3 is 0 Å². The second-order valence-electron chi connectivity index (χ2n) is 5.27. The number of aryl methyl sites for hydroxylation is 1. The summed E-state index contributed by atoms with van der Waals surface area (Å²) in [5.74, 6) is 0.893. The first-order valence-corrected chi connectivity index (χ1v) is 7.13. The summed E-state index contributed by atoms with van der Waals surface area (Å²) in [4.78, 5) is 22.0. The zero-order chi connectivity index (χ0) is 15.5. The minimum Gasteiger partial charge on any atom is -0.368 e. The van der Waals surface area contributed by atoms with Gasteiger partial charge < -0.3 is 15.2 Å². The third kappa shape index (κ3) is 2.98. The number of carbonyl (C=O) groups is 1. The van der Waals surface area contributed by atoms with Gasteiger partial charge in [0.15, 0.2) is 5.76 Å². The van der Waals surface area contributed by atoms with E-state index in [2.05, 4.69) is 15.1 Å². The van der Waals surface area contributed by atoms with Crippen LogP contribution in [0.25, 0.3) is 6.08 Å². The van der Waals surface area contributed by atoms with Crippen LogP contribution >= 0.6 is 0 Å². The number of aromatic nitrogens is 3. The normalized spacial score (nSPS) is 18.2. The Morgan fingerprint density at radius 1 is 1.45 bits per heavy atom. The Kier molecular flexibility index (Phi) is 3.86. The molecule has 1 saturated heterocycles. The third-order valence-corrected chi connectivity index (χ3v) is 3.62. The van der Waals surface area contributed by atoms with Gasteiger partial charge in [0.05, 0.1) is 11.7 Å². The lowest BCUT2D eigenvalue weighted by Crippen LogP contribution is -2.28. The molecule has 1 unspecified atom stereocenters. The molecule has 7 nitrogen and oxygen atoms in total. The molecule has 22 heavy (non-hydrogen) atoms.